The number of rotatable bonds is 11. The smallest absolute Gasteiger partial charge is 0.223 e. The Hall–Kier alpha value is -2.82. The lowest BCUT2D eigenvalue weighted by Crippen LogP contribution is -2.33. The van der Waals surface area contributed by atoms with E-state index < -0.39 is 0 Å². The molecule has 0 aliphatic heterocycles. The van der Waals surface area contributed by atoms with E-state index in [0.717, 1.165) is 61.3 Å². The van der Waals surface area contributed by atoms with Gasteiger partial charge in [-0.1, -0.05) is 57.4 Å². The van der Waals surface area contributed by atoms with Gasteiger partial charge in [-0.15, -0.1) is 0 Å². The van der Waals surface area contributed by atoms with Gasteiger partial charge in [0, 0.05) is 25.4 Å². The molecule has 1 aliphatic rings. The molecule has 1 aliphatic carbocycles. The Labute approximate surface area is 203 Å². The summed E-state index contributed by atoms with van der Waals surface area (Å²) >= 11 is 0. The van der Waals surface area contributed by atoms with Gasteiger partial charge >= 0.3 is 0 Å². The van der Waals surface area contributed by atoms with Crippen molar-refractivity contribution in [1.82, 2.24) is 14.9 Å². The molecule has 1 amide bonds. The third kappa shape index (κ3) is 6.19. The average molecular weight is 462 g/mol. The van der Waals surface area contributed by atoms with Crippen molar-refractivity contribution in [2.75, 3.05) is 13.2 Å². The zero-order chi connectivity index (χ0) is 23.8. The molecule has 5 nitrogen and oxygen atoms in total. The molecule has 0 saturated heterocycles. The van der Waals surface area contributed by atoms with Crippen molar-refractivity contribution in [3.05, 3.63) is 59.9 Å². The molecule has 5 heteroatoms. The van der Waals surface area contributed by atoms with Gasteiger partial charge in [0.1, 0.15) is 11.6 Å². The van der Waals surface area contributed by atoms with E-state index in [1.165, 1.54) is 24.8 Å². The Bertz CT molecular complexity index is 1050. The lowest BCUT2D eigenvalue weighted by Gasteiger charge is -2.20. The highest BCUT2D eigenvalue weighted by Gasteiger charge is 2.20. The average Bonchev–Trinajstić information content (AvgIpc) is 3.24. The minimum atomic E-state index is 0.198. The van der Waals surface area contributed by atoms with Crippen LogP contribution in [-0.2, 0) is 17.8 Å². The molecule has 0 spiro atoms. The molecule has 1 fully saturated rings. The summed E-state index contributed by atoms with van der Waals surface area (Å²) in [5, 5.41) is 3.16. The van der Waals surface area contributed by atoms with Gasteiger partial charge in [0.25, 0.3) is 0 Å². The number of carbonyl (C=O) groups excluding carboxylic acids is 1. The fourth-order valence-corrected chi connectivity index (χ4v) is 4.91. The van der Waals surface area contributed by atoms with Crippen molar-refractivity contribution in [2.45, 2.75) is 77.7 Å². The van der Waals surface area contributed by atoms with E-state index in [1.54, 1.807) is 0 Å². The number of benzene rings is 2. The summed E-state index contributed by atoms with van der Waals surface area (Å²) in [5.41, 5.74) is 3.52. The molecule has 1 unspecified atom stereocenters. The topological polar surface area (TPSA) is 56.1 Å². The Morgan fingerprint density at radius 1 is 1.12 bits per heavy atom. The van der Waals surface area contributed by atoms with Gasteiger partial charge in [-0.2, -0.15) is 0 Å². The van der Waals surface area contributed by atoms with E-state index in [-0.39, 0.29) is 11.8 Å². The van der Waals surface area contributed by atoms with Crippen LogP contribution in [0.15, 0.2) is 48.5 Å². The molecule has 1 N–H and O–H groups in total. The van der Waals surface area contributed by atoms with E-state index in [4.69, 9.17) is 9.72 Å². The van der Waals surface area contributed by atoms with E-state index in [2.05, 4.69) is 66.2 Å². The van der Waals surface area contributed by atoms with Crippen molar-refractivity contribution in [3.63, 3.8) is 0 Å². The first-order valence-corrected chi connectivity index (χ1v) is 13.1. The standard InChI is InChI=1S/C29H39N3O2/c1-3-22(2)23-14-16-25(17-15-23)34-21-9-20-32-27-13-8-7-12-26(27)31-28(32)18-19-30-29(33)24-10-5-4-6-11-24/h7-8,12-17,22,24H,3-6,9-11,18-21H2,1-2H3,(H,30,33). The lowest BCUT2D eigenvalue weighted by atomic mass is 9.89. The van der Waals surface area contributed by atoms with Gasteiger partial charge in [-0.3, -0.25) is 4.79 Å². The number of amides is 1. The predicted octanol–water partition coefficient (Wildman–Crippen LogP) is 6.26. The summed E-state index contributed by atoms with van der Waals surface area (Å²) in [6.45, 7) is 6.61. The molecular weight excluding hydrogens is 422 g/mol. The monoisotopic (exact) mass is 461 g/mol. The molecule has 1 saturated carbocycles. The summed E-state index contributed by atoms with van der Waals surface area (Å²) in [6, 6.07) is 16.8. The Balaban J connectivity index is 1.31. The lowest BCUT2D eigenvalue weighted by molar-refractivity contribution is -0.125. The second-order valence-electron chi connectivity index (χ2n) is 9.62. The number of fused-ring (bicyclic) bond motifs is 1. The number of aromatic nitrogens is 2. The van der Waals surface area contributed by atoms with Gasteiger partial charge in [0.05, 0.1) is 17.6 Å². The fourth-order valence-electron chi connectivity index (χ4n) is 4.91. The van der Waals surface area contributed by atoms with Crippen molar-refractivity contribution < 1.29 is 9.53 Å². The quantitative estimate of drug-likeness (QED) is 0.343. The SMILES string of the molecule is CCC(C)c1ccc(OCCCn2c(CCNC(=O)C3CCCCC3)nc3ccccc32)cc1. The minimum Gasteiger partial charge on any atom is -0.494 e. The maximum atomic E-state index is 12.5. The van der Waals surface area contributed by atoms with Crippen molar-refractivity contribution in [2.24, 2.45) is 5.92 Å². The number of aryl methyl sites for hydroxylation is 1. The van der Waals surface area contributed by atoms with Crippen LogP contribution in [-0.4, -0.2) is 28.6 Å². The number of carbonyl (C=O) groups is 1. The Morgan fingerprint density at radius 2 is 1.88 bits per heavy atom. The highest BCUT2D eigenvalue weighted by atomic mass is 16.5. The first kappa shape index (κ1) is 24.3. The third-order valence-corrected chi connectivity index (χ3v) is 7.21. The van der Waals surface area contributed by atoms with E-state index in [1.807, 2.05) is 6.07 Å². The predicted molar refractivity (Wildman–Crippen MR) is 138 cm³/mol. The first-order chi connectivity index (χ1) is 16.7. The number of imidazole rings is 1. The zero-order valence-corrected chi connectivity index (χ0v) is 20.8. The molecule has 3 aromatic rings. The second-order valence-corrected chi connectivity index (χ2v) is 9.62. The van der Waals surface area contributed by atoms with Gasteiger partial charge in [-0.05, 0) is 61.4 Å². The Kier molecular flexibility index (Phi) is 8.62. The van der Waals surface area contributed by atoms with Gasteiger partial charge < -0.3 is 14.6 Å². The first-order valence-electron chi connectivity index (χ1n) is 13.1. The number of ether oxygens (including phenoxy) is 1. The molecular formula is C29H39N3O2. The van der Waals surface area contributed by atoms with Crippen molar-refractivity contribution >= 4 is 16.9 Å². The maximum absolute atomic E-state index is 12.5. The normalized spacial score (nSPS) is 15.4. The van der Waals surface area contributed by atoms with Crippen LogP contribution in [0.25, 0.3) is 11.0 Å². The molecule has 0 bridgehead atoms. The van der Waals surface area contributed by atoms with Crippen LogP contribution in [0, 0.1) is 5.92 Å². The van der Waals surface area contributed by atoms with Crippen molar-refractivity contribution in [1.29, 1.82) is 0 Å². The van der Waals surface area contributed by atoms with E-state index in [9.17, 15) is 4.79 Å². The van der Waals surface area contributed by atoms with Crippen LogP contribution in [0.1, 0.15) is 76.1 Å². The van der Waals surface area contributed by atoms with Gasteiger partial charge in [-0.25, -0.2) is 4.98 Å². The van der Waals surface area contributed by atoms with Crippen LogP contribution in [0.5, 0.6) is 5.75 Å². The summed E-state index contributed by atoms with van der Waals surface area (Å²) in [6.07, 6.45) is 8.47. The number of hydrogen-bond donors (Lipinski definition) is 1. The molecule has 0 radical (unpaired) electrons. The molecule has 2 aromatic carbocycles. The van der Waals surface area contributed by atoms with Gasteiger partial charge in [0.15, 0.2) is 0 Å². The van der Waals surface area contributed by atoms with E-state index >= 15 is 0 Å². The largest absolute Gasteiger partial charge is 0.494 e. The van der Waals surface area contributed by atoms with Crippen LogP contribution >= 0.6 is 0 Å². The van der Waals surface area contributed by atoms with E-state index in [0.29, 0.717) is 19.1 Å². The fraction of sp³-hybridized carbons (Fsp3) is 0.517. The summed E-state index contributed by atoms with van der Waals surface area (Å²) in [4.78, 5) is 17.4. The highest BCUT2D eigenvalue weighted by Crippen LogP contribution is 2.24. The zero-order valence-electron chi connectivity index (χ0n) is 20.8. The molecule has 34 heavy (non-hydrogen) atoms. The van der Waals surface area contributed by atoms with Crippen LogP contribution in [0.4, 0.5) is 0 Å². The molecule has 1 atom stereocenters. The molecule has 1 heterocycles. The van der Waals surface area contributed by atoms with Crippen molar-refractivity contribution in [3.8, 4) is 5.75 Å². The van der Waals surface area contributed by atoms with Crippen LogP contribution in [0.3, 0.4) is 0 Å². The highest BCUT2D eigenvalue weighted by molar-refractivity contribution is 5.78. The molecule has 182 valence electrons. The summed E-state index contributed by atoms with van der Waals surface area (Å²) in [7, 11) is 0. The second kappa shape index (κ2) is 12.0. The number of para-hydroxylation sites is 2. The van der Waals surface area contributed by atoms with Crippen LogP contribution in [0.2, 0.25) is 0 Å². The molecule has 1 aromatic heterocycles. The summed E-state index contributed by atoms with van der Waals surface area (Å²) < 4.78 is 8.30. The third-order valence-electron chi connectivity index (χ3n) is 7.21. The molecule has 4 rings (SSSR count). The summed E-state index contributed by atoms with van der Waals surface area (Å²) in [5.74, 6) is 2.95. The number of nitrogens with zero attached hydrogens (tertiary/aromatic N) is 2. The number of hydrogen-bond acceptors (Lipinski definition) is 3. The number of nitrogens with one attached hydrogen (secondary N) is 1. The Morgan fingerprint density at radius 3 is 2.65 bits per heavy atom. The maximum Gasteiger partial charge on any atom is 0.223 e. The van der Waals surface area contributed by atoms with Gasteiger partial charge in [0.2, 0.25) is 5.91 Å². The minimum absolute atomic E-state index is 0.198. The van der Waals surface area contributed by atoms with Crippen LogP contribution < -0.4 is 10.1 Å².